The molecule has 0 radical (unpaired) electrons. The second-order valence-electron chi connectivity index (χ2n) is 4.49. The monoisotopic (exact) mass is 401 g/mol. The van der Waals surface area contributed by atoms with Crippen molar-refractivity contribution in [3.63, 3.8) is 0 Å². The molecule has 0 bridgehead atoms. The Bertz CT molecular complexity index is 574. The Hall–Kier alpha value is -0.780. The Kier molecular flexibility index (Phi) is 6.13. The number of nitrogens with one attached hydrogen (secondary N) is 1. The number of hydrogen-bond donors (Lipinski definition) is 1. The molecule has 2 nitrogen and oxygen atoms in total. The molecule has 2 aromatic carbocycles. The van der Waals surface area contributed by atoms with Gasteiger partial charge in [-0.2, -0.15) is 0 Å². The highest BCUT2D eigenvalue weighted by atomic mass is 127. The van der Waals surface area contributed by atoms with E-state index in [-0.39, 0.29) is 0 Å². The molecule has 0 spiro atoms. The van der Waals surface area contributed by atoms with Crippen LogP contribution in [0.2, 0.25) is 5.02 Å². The maximum absolute atomic E-state index is 6.07. The van der Waals surface area contributed by atoms with E-state index in [2.05, 4.69) is 34.8 Å². The topological polar surface area (TPSA) is 21.3 Å². The summed E-state index contributed by atoms with van der Waals surface area (Å²) in [5, 5.41) is 4.11. The van der Waals surface area contributed by atoms with E-state index in [0.29, 0.717) is 0 Å². The fourth-order valence-corrected chi connectivity index (χ4v) is 2.55. The quantitative estimate of drug-likeness (QED) is 0.528. The molecule has 0 aliphatic rings. The van der Waals surface area contributed by atoms with Crippen molar-refractivity contribution in [3.05, 3.63) is 56.6 Å². The van der Waals surface area contributed by atoms with E-state index >= 15 is 0 Å². The lowest BCUT2D eigenvalue weighted by molar-refractivity contribution is 0.472. The predicted octanol–water partition coefficient (Wildman–Crippen LogP) is 5.24. The first-order chi connectivity index (χ1) is 9.69. The van der Waals surface area contributed by atoms with Gasteiger partial charge in [0.05, 0.1) is 0 Å². The van der Waals surface area contributed by atoms with Gasteiger partial charge in [0, 0.05) is 20.7 Å². The van der Waals surface area contributed by atoms with Crippen molar-refractivity contribution < 1.29 is 4.74 Å². The third-order valence-electron chi connectivity index (χ3n) is 2.79. The standard InChI is InChI=1S/C16H17ClINO/c1-2-8-19-11-12-9-13(17)6-7-16(12)20-15-5-3-4-14(18)10-15/h3-7,9-10,19H,2,8,11H2,1H3. The van der Waals surface area contributed by atoms with Crippen molar-refractivity contribution in [2.45, 2.75) is 19.9 Å². The lowest BCUT2D eigenvalue weighted by Crippen LogP contribution is -2.14. The number of hydrogen-bond acceptors (Lipinski definition) is 2. The number of halogens is 2. The van der Waals surface area contributed by atoms with Gasteiger partial charge in [0.2, 0.25) is 0 Å². The molecule has 2 rings (SSSR count). The van der Waals surface area contributed by atoms with Crippen molar-refractivity contribution in [1.82, 2.24) is 5.32 Å². The van der Waals surface area contributed by atoms with E-state index in [9.17, 15) is 0 Å². The summed E-state index contributed by atoms with van der Waals surface area (Å²) in [5.74, 6) is 1.69. The Morgan fingerprint density at radius 3 is 2.80 bits per heavy atom. The molecule has 0 saturated carbocycles. The molecule has 0 aliphatic heterocycles. The van der Waals surface area contributed by atoms with E-state index in [1.165, 1.54) is 0 Å². The Morgan fingerprint density at radius 1 is 1.20 bits per heavy atom. The van der Waals surface area contributed by atoms with Crippen LogP contribution in [-0.4, -0.2) is 6.54 Å². The molecule has 20 heavy (non-hydrogen) atoms. The molecule has 0 amide bonds. The van der Waals surface area contributed by atoms with Gasteiger partial charge in [0.15, 0.2) is 0 Å². The van der Waals surface area contributed by atoms with Crippen LogP contribution in [0.4, 0.5) is 0 Å². The minimum Gasteiger partial charge on any atom is -0.457 e. The second-order valence-corrected chi connectivity index (χ2v) is 6.17. The third-order valence-corrected chi connectivity index (χ3v) is 3.69. The fourth-order valence-electron chi connectivity index (χ4n) is 1.84. The van der Waals surface area contributed by atoms with Crippen LogP contribution in [0.3, 0.4) is 0 Å². The highest BCUT2D eigenvalue weighted by molar-refractivity contribution is 14.1. The molecular formula is C16H17ClINO. The van der Waals surface area contributed by atoms with Crippen LogP contribution in [0.15, 0.2) is 42.5 Å². The van der Waals surface area contributed by atoms with Crippen LogP contribution < -0.4 is 10.1 Å². The zero-order valence-electron chi connectivity index (χ0n) is 11.3. The van der Waals surface area contributed by atoms with E-state index in [1.54, 1.807) is 0 Å². The maximum atomic E-state index is 6.07. The predicted molar refractivity (Wildman–Crippen MR) is 92.7 cm³/mol. The first-order valence-electron chi connectivity index (χ1n) is 6.61. The highest BCUT2D eigenvalue weighted by Crippen LogP contribution is 2.28. The van der Waals surface area contributed by atoms with E-state index in [4.69, 9.17) is 16.3 Å². The van der Waals surface area contributed by atoms with Crippen molar-refractivity contribution in [2.24, 2.45) is 0 Å². The lowest BCUT2D eigenvalue weighted by atomic mass is 10.2. The zero-order valence-corrected chi connectivity index (χ0v) is 14.2. The summed E-state index contributed by atoms with van der Waals surface area (Å²) < 4.78 is 7.13. The molecule has 2 aromatic rings. The Labute approximate surface area is 138 Å². The molecule has 0 heterocycles. The van der Waals surface area contributed by atoms with Gasteiger partial charge >= 0.3 is 0 Å². The van der Waals surface area contributed by atoms with Gasteiger partial charge in [-0.3, -0.25) is 0 Å². The van der Waals surface area contributed by atoms with Crippen LogP contribution in [0.1, 0.15) is 18.9 Å². The van der Waals surface area contributed by atoms with Crippen LogP contribution in [0, 0.1) is 3.57 Å². The van der Waals surface area contributed by atoms with Crippen LogP contribution in [0.5, 0.6) is 11.5 Å². The zero-order chi connectivity index (χ0) is 14.4. The van der Waals surface area contributed by atoms with Crippen LogP contribution in [0.25, 0.3) is 0 Å². The fraction of sp³-hybridized carbons (Fsp3) is 0.250. The first-order valence-corrected chi connectivity index (χ1v) is 8.07. The summed E-state index contributed by atoms with van der Waals surface area (Å²) in [7, 11) is 0. The Balaban J connectivity index is 2.17. The van der Waals surface area contributed by atoms with Gasteiger partial charge in [-0.25, -0.2) is 0 Å². The lowest BCUT2D eigenvalue weighted by Gasteiger charge is -2.12. The van der Waals surface area contributed by atoms with E-state index in [0.717, 1.165) is 45.2 Å². The van der Waals surface area contributed by atoms with Gasteiger partial charge < -0.3 is 10.1 Å². The molecule has 0 saturated heterocycles. The summed E-state index contributed by atoms with van der Waals surface area (Å²) in [5.41, 5.74) is 1.07. The van der Waals surface area contributed by atoms with Gasteiger partial charge in [0.25, 0.3) is 0 Å². The average Bonchev–Trinajstić information content (AvgIpc) is 2.42. The molecule has 4 heteroatoms. The van der Waals surface area contributed by atoms with Gasteiger partial charge in [-0.1, -0.05) is 24.6 Å². The molecule has 0 unspecified atom stereocenters. The van der Waals surface area contributed by atoms with E-state index in [1.807, 2.05) is 42.5 Å². The SMILES string of the molecule is CCCNCc1cc(Cl)ccc1Oc1cccc(I)c1. The second kappa shape index (κ2) is 7.86. The summed E-state index contributed by atoms with van der Waals surface area (Å²) in [6.45, 7) is 3.89. The minimum atomic E-state index is 0.730. The maximum Gasteiger partial charge on any atom is 0.132 e. The highest BCUT2D eigenvalue weighted by Gasteiger charge is 2.06. The smallest absolute Gasteiger partial charge is 0.132 e. The van der Waals surface area contributed by atoms with E-state index < -0.39 is 0 Å². The van der Waals surface area contributed by atoms with Gasteiger partial charge in [-0.15, -0.1) is 0 Å². The third kappa shape index (κ3) is 4.65. The molecule has 1 N–H and O–H groups in total. The molecule has 0 atom stereocenters. The molecule has 0 aliphatic carbocycles. The number of rotatable bonds is 6. The molecule has 0 aromatic heterocycles. The van der Waals surface area contributed by atoms with Crippen molar-refractivity contribution in [1.29, 1.82) is 0 Å². The summed E-state index contributed by atoms with van der Waals surface area (Å²) in [4.78, 5) is 0. The number of ether oxygens (including phenoxy) is 1. The van der Waals surface area contributed by atoms with Gasteiger partial charge in [-0.05, 0) is 72.0 Å². The van der Waals surface area contributed by atoms with Crippen molar-refractivity contribution in [3.8, 4) is 11.5 Å². The minimum absolute atomic E-state index is 0.730. The van der Waals surface area contributed by atoms with Crippen LogP contribution >= 0.6 is 34.2 Å². The molecule has 106 valence electrons. The summed E-state index contributed by atoms with van der Waals surface area (Å²) in [6, 6.07) is 13.7. The van der Waals surface area contributed by atoms with Crippen molar-refractivity contribution in [2.75, 3.05) is 6.54 Å². The van der Waals surface area contributed by atoms with Crippen LogP contribution in [-0.2, 0) is 6.54 Å². The first kappa shape index (κ1) is 15.6. The van der Waals surface area contributed by atoms with Gasteiger partial charge in [0.1, 0.15) is 11.5 Å². The summed E-state index contributed by atoms with van der Waals surface area (Å²) >= 11 is 8.35. The molecular weight excluding hydrogens is 385 g/mol. The largest absolute Gasteiger partial charge is 0.457 e. The molecule has 0 fully saturated rings. The Morgan fingerprint density at radius 2 is 2.05 bits per heavy atom. The normalized spacial score (nSPS) is 10.6. The number of benzene rings is 2. The van der Waals surface area contributed by atoms with Crippen molar-refractivity contribution >= 4 is 34.2 Å². The summed E-state index contributed by atoms with van der Waals surface area (Å²) in [6.07, 6.45) is 1.10. The average molecular weight is 402 g/mol.